The summed E-state index contributed by atoms with van der Waals surface area (Å²) < 4.78 is 52.1. The molecule has 62 heavy (non-hydrogen) atoms. The second-order valence-electron chi connectivity index (χ2n) is 18.2. The molecule has 6 fully saturated rings. The maximum absolute atomic E-state index is 14.5. The average Bonchev–Trinajstić information content (AvgIpc) is 3.37. The van der Waals surface area contributed by atoms with Crippen molar-refractivity contribution in [2.75, 3.05) is 7.11 Å². The molecule has 0 amide bonds. The molecule has 2 bridgehead atoms. The van der Waals surface area contributed by atoms with Crippen LogP contribution in [-0.2, 0) is 76.3 Å². The Balaban J connectivity index is 1.73. The largest absolute Gasteiger partial charge is 0.472 e. The van der Waals surface area contributed by atoms with E-state index in [1.54, 1.807) is 0 Å². The highest BCUT2D eigenvalue weighted by Gasteiger charge is 3.08. The lowest BCUT2D eigenvalue weighted by atomic mass is 9.33. The van der Waals surface area contributed by atoms with Crippen molar-refractivity contribution in [3.63, 3.8) is 0 Å². The molecule has 0 radical (unpaired) electrons. The van der Waals surface area contributed by atoms with Gasteiger partial charge in [-0.15, -0.1) is 0 Å². The van der Waals surface area contributed by atoms with Gasteiger partial charge in [0, 0.05) is 56.9 Å². The Morgan fingerprint density at radius 1 is 0.790 bits per heavy atom. The average molecular weight is 879 g/mol. The molecule has 1 aromatic rings. The third-order valence-electron chi connectivity index (χ3n) is 14.9. The van der Waals surface area contributed by atoms with Gasteiger partial charge < -0.3 is 62.7 Å². The van der Waals surface area contributed by atoms with E-state index in [0.29, 0.717) is 0 Å². The van der Waals surface area contributed by atoms with Crippen molar-refractivity contribution in [1.29, 1.82) is 0 Å². The number of hydrogen-bond acceptors (Lipinski definition) is 21. The van der Waals surface area contributed by atoms with Gasteiger partial charge in [0.25, 0.3) is 0 Å². The maximum atomic E-state index is 14.5. The van der Waals surface area contributed by atoms with Gasteiger partial charge in [0.1, 0.15) is 22.9 Å². The van der Waals surface area contributed by atoms with Crippen LogP contribution in [0.25, 0.3) is 0 Å². The minimum Gasteiger partial charge on any atom is -0.472 e. The fraction of sp³-hybridized carbons (Fsp3) is 0.707. The molecule has 2 heterocycles. The van der Waals surface area contributed by atoms with Gasteiger partial charge in [-0.1, -0.05) is 27.7 Å². The maximum Gasteiger partial charge on any atom is 0.347 e. The van der Waals surface area contributed by atoms with Crippen LogP contribution in [0, 0.1) is 33.5 Å². The van der Waals surface area contributed by atoms with E-state index in [1.165, 1.54) is 26.8 Å². The number of aliphatic hydroxyl groups is 4. The Morgan fingerprint density at radius 3 is 1.87 bits per heavy atom. The standard InChI is InChI=1S/C41H50O21/c1-16(2)29(48)62-39-32(60-21(7)46)34(8)14-38(39,51)35(9,24(34)23(30(49)54-10)56-17(3)42)40(52)28(59-20(6)45)27(58-19(5)44)36(26(57-18(4)43)22-11-12-55-13-22)15-37(36)25(47)31(50)61-33(39)41(37,40)53/h11-13,16,23-28,32-33,47,51-53H,14-15H2,1-10H3/t23-,24+,25-,26-,27+,28-,32+,33-,34-,35?,36-,37-,38?,39?,40+,41+/m1/s1. The Labute approximate surface area is 353 Å². The molecular weight excluding hydrogens is 828 g/mol. The SMILES string of the molecule is COC(=O)[C@H](OC(C)=O)[C@@H]1C2(C)C3(O)C[C@@]1(C)[C@H](OC(C)=O)C3(OC(=O)C(C)C)[C@H]1OC(=O)[C@@H](O)[C@]34C[C@@]3([C@H](OC(C)=O)c3ccoc3)[C@@H](OC(C)=O)[C@@H](OC(C)=O)[C@@]2(O)[C@]14O. The van der Waals surface area contributed by atoms with E-state index in [-0.39, 0.29) is 5.56 Å². The zero-order valence-electron chi connectivity index (χ0n) is 35.6. The van der Waals surface area contributed by atoms with Crippen molar-refractivity contribution < 1.29 is 101 Å². The van der Waals surface area contributed by atoms with Crippen LogP contribution in [0.2, 0.25) is 0 Å². The lowest BCUT2D eigenvalue weighted by molar-refractivity contribution is -0.467. The van der Waals surface area contributed by atoms with Gasteiger partial charge in [-0.2, -0.15) is 0 Å². The van der Waals surface area contributed by atoms with Crippen molar-refractivity contribution in [3.8, 4) is 0 Å². The zero-order valence-corrected chi connectivity index (χ0v) is 35.6. The van der Waals surface area contributed by atoms with E-state index < -0.39 is 159 Å². The highest BCUT2D eigenvalue weighted by Crippen LogP contribution is 2.92. The minimum absolute atomic E-state index is 0.0135. The molecule has 340 valence electrons. The number of furan rings is 1. The molecule has 0 aromatic carbocycles. The third-order valence-corrected chi connectivity index (χ3v) is 14.9. The van der Waals surface area contributed by atoms with Gasteiger partial charge in [-0.3, -0.25) is 28.8 Å². The number of fused-ring (bicyclic) bond motifs is 3. The predicted molar refractivity (Wildman–Crippen MR) is 196 cm³/mol. The summed E-state index contributed by atoms with van der Waals surface area (Å²) in [7, 11) is 0.928. The monoisotopic (exact) mass is 878 g/mol. The molecule has 21 nitrogen and oxygen atoms in total. The molecule has 1 spiro atoms. The molecule has 1 aromatic heterocycles. The van der Waals surface area contributed by atoms with E-state index in [0.717, 1.165) is 61.2 Å². The summed E-state index contributed by atoms with van der Waals surface area (Å²) in [6.45, 7) is 9.88. The number of esters is 8. The quantitative estimate of drug-likeness (QED) is 0.163. The molecule has 5 aliphatic carbocycles. The van der Waals surface area contributed by atoms with E-state index >= 15 is 0 Å². The van der Waals surface area contributed by atoms with Gasteiger partial charge in [0.15, 0.2) is 30.5 Å². The summed E-state index contributed by atoms with van der Waals surface area (Å²) >= 11 is 0. The minimum atomic E-state index is -3.52. The second-order valence-corrected chi connectivity index (χ2v) is 18.2. The van der Waals surface area contributed by atoms with E-state index in [4.69, 9.17) is 42.3 Å². The van der Waals surface area contributed by atoms with Gasteiger partial charge >= 0.3 is 47.8 Å². The zero-order chi connectivity index (χ0) is 46.3. The molecule has 6 aliphatic rings. The molecule has 21 heteroatoms. The number of aliphatic hydroxyl groups excluding tert-OH is 1. The van der Waals surface area contributed by atoms with E-state index in [9.17, 15) is 58.8 Å². The second kappa shape index (κ2) is 13.7. The van der Waals surface area contributed by atoms with Crippen LogP contribution < -0.4 is 0 Å². The number of carbonyl (C=O) groups is 8. The molecule has 1 saturated heterocycles. The van der Waals surface area contributed by atoms with E-state index in [2.05, 4.69) is 0 Å². The van der Waals surface area contributed by atoms with Crippen molar-refractivity contribution in [1.82, 2.24) is 0 Å². The summed E-state index contributed by atoms with van der Waals surface area (Å²) in [5.41, 5.74) is -23.1. The van der Waals surface area contributed by atoms with Crippen LogP contribution in [-0.4, -0.2) is 134 Å². The lowest BCUT2D eigenvalue weighted by Gasteiger charge is -2.77. The number of methoxy groups -OCH3 is 1. The number of rotatable bonds is 11. The lowest BCUT2D eigenvalue weighted by Crippen LogP contribution is -2.99. The molecule has 1 aliphatic heterocycles. The van der Waals surface area contributed by atoms with Crippen LogP contribution in [0.4, 0.5) is 0 Å². The summed E-state index contributed by atoms with van der Waals surface area (Å²) in [5, 5.41) is 55.2. The Bertz CT molecular complexity index is 2150. The van der Waals surface area contributed by atoms with Crippen molar-refractivity contribution in [2.24, 2.45) is 33.5 Å². The fourth-order valence-corrected chi connectivity index (χ4v) is 13.3. The Morgan fingerprint density at radius 2 is 1.37 bits per heavy atom. The number of carbonyl (C=O) groups excluding carboxylic acids is 8. The van der Waals surface area contributed by atoms with Crippen molar-refractivity contribution in [3.05, 3.63) is 24.2 Å². The normalized spacial score (nSPS) is 43.7. The van der Waals surface area contributed by atoms with Crippen LogP contribution in [0.15, 0.2) is 23.0 Å². The molecule has 4 N–H and O–H groups in total. The van der Waals surface area contributed by atoms with Gasteiger partial charge in [0.05, 0.1) is 36.4 Å². The highest BCUT2D eigenvalue weighted by atomic mass is 16.7. The first-order valence-electron chi connectivity index (χ1n) is 19.9. The van der Waals surface area contributed by atoms with Crippen molar-refractivity contribution >= 4 is 47.8 Å². The summed E-state index contributed by atoms with van der Waals surface area (Å²) in [5.74, 6) is -12.5. The van der Waals surface area contributed by atoms with Crippen LogP contribution >= 0.6 is 0 Å². The summed E-state index contributed by atoms with van der Waals surface area (Å²) in [6.07, 6.45) is -15.2. The summed E-state index contributed by atoms with van der Waals surface area (Å²) in [4.78, 5) is 109. The van der Waals surface area contributed by atoms with Gasteiger partial charge in [-0.25, -0.2) is 9.59 Å². The first-order valence-corrected chi connectivity index (χ1v) is 19.9. The topological polar surface area (TPSA) is 304 Å². The molecule has 3 unspecified atom stereocenters. The van der Waals surface area contributed by atoms with Gasteiger partial charge in [-0.05, 0) is 18.9 Å². The van der Waals surface area contributed by atoms with Crippen LogP contribution in [0.1, 0.15) is 86.8 Å². The molecule has 5 saturated carbocycles. The molecular formula is C41H50O21. The van der Waals surface area contributed by atoms with Gasteiger partial charge in [0.2, 0.25) is 11.7 Å². The summed E-state index contributed by atoms with van der Waals surface area (Å²) in [6, 6.07) is 1.31. The number of ether oxygens (including phenoxy) is 8. The Hall–Kier alpha value is -5.12. The number of hydrogen-bond donors (Lipinski definition) is 4. The van der Waals surface area contributed by atoms with Crippen LogP contribution in [0.5, 0.6) is 0 Å². The molecule has 7 rings (SSSR count). The fourth-order valence-electron chi connectivity index (χ4n) is 13.3. The van der Waals surface area contributed by atoms with Crippen LogP contribution in [0.3, 0.4) is 0 Å². The smallest absolute Gasteiger partial charge is 0.347 e. The van der Waals surface area contributed by atoms with Crippen molar-refractivity contribution in [2.45, 2.75) is 140 Å². The van der Waals surface area contributed by atoms with E-state index in [1.807, 2.05) is 0 Å². The first-order chi connectivity index (χ1) is 28.6. The predicted octanol–water partition coefficient (Wildman–Crippen LogP) is -0.349. The highest BCUT2D eigenvalue weighted by molar-refractivity contribution is 5.84. The third kappa shape index (κ3) is 4.87. The molecule has 16 atom stereocenters. The Kier molecular flexibility index (Phi) is 9.92. The first kappa shape index (κ1) is 44.9.